The van der Waals surface area contributed by atoms with Gasteiger partial charge in [-0.15, -0.1) is 0 Å². The van der Waals surface area contributed by atoms with Crippen molar-refractivity contribution in [1.82, 2.24) is 0 Å². The van der Waals surface area contributed by atoms with E-state index in [4.69, 9.17) is 30.3 Å². The molecule has 0 unspecified atom stereocenters. The molecule has 0 saturated heterocycles. The summed E-state index contributed by atoms with van der Waals surface area (Å²) in [6, 6.07) is 0. The Morgan fingerprint density at radius 1 is 0.880 bits per heavy atom. The largest absolute Gasteiger partial charge is 0.478 e. The van der Waals surface area contributed by atoms with Crippen molar-refractivity contribution in [2.75, 3.05) is 26.4 Å². The predicted molar refractivity (Wildman–Crippen MR) is 96.5 cm³/mol. The molecular formula is C17H34O8. The molecule has 25 heavy (non-hydrogen) atoms. The zero-order chi connectivity index (χ0) is 20.8. The highest BCUT2D eigenvalue weighted by Crippen LogP contribution is 1.82. The monoisotopic (exact) mass is 366 g/mol. The number of hydrogen-bond acceptors (Lipinski definition) is 6. The molecule has 0 spiro atoms. The Morgan fingerprint density at radius 2 is 1.12 bits per heavy atom. The van der Waals surface area contributed by atoms with Crippen LogP contribution in [-0.2, 0) is 14.3 Å². The second kappa shape index (κ2) is 24.5. The van der Waals surface area contributed by atoms with Gasteiger partial charge in [0.15, 0.2) is 0 Å². The van der Waals surface area contributed by atoms with Crippen LogP contribution in [0.3, 0.4) is 0 Å². The van der Waals surface area contributed by atoms with E-state index in [-0.39, 0.29) is 24.4 Å². The van der Waals surface area contributed by atoms with Crippen molar-refractivity contribution in [2.24, 2.45) is 0 Å². The first-order valence-electron chi connectivity index (χ1n) is 7.76. The maximum atomic E-state index is 9.60. The van der Waals surface area contributed by atoms with E-state index in [9.17, 15) is 9.59 Å². The smallest absolute Gasteiger partial charge is 0.330 e. The molecule has 150 valence electrons. The van der Waals surface area contributed by atoms with Gasteiger partial charge in [-0.1, -0.05) is 27.0 Å². The van der Waals surface area contributed by atoms with E-state index in [1.807, 2.05) is 0 Å². The Labute approximate surface area is 150 Å². The molecular weight excluding hydrogens is 332 g/mol. The number of aliphatic hydroxyl groups excluding tert-OH is 3. The average Bonchev–Trinajstić information content (AvgIpc) is 2.56. The fraction of sp³-hybridized carbons (Fsp3) is 0.647. The molecule has 0 aromatic carbocycles. The van der Waals surface area contributed by atoms with Crippen LogP contribution >= 0.6 is 0 Å². The van der Waals surface area contributed by atoms with E-state index in [2.05, 4.69) is 27.0 Å². The van der Waals surface area contributed by atoms with E-state index in [1.165, 1.54) is 13.8 Å². The number of carboxylic acid groups (broad SMARTS) is 2. The first-order valence-corrected chi connectivity index (χ1v) is 7.76. The summed E-state index contributed by atoms with van der Waals surface area (Å²) in [4.78, 5) is 19.2. The van der Waals surface area contributed by atoms with Crippen LogP contribution < -0.4 is 0 Å². The summed E-state index contributed by atoms with van der Waals surface area (Å²) in [7, 11) is 0. The van der Waals surface area contributed by atoms with Gasteiger partial charge in [-0.3, -0.25) is 0 Å². The van der Waals surface area contributed by atoms with E-state index in [1.54, 1.807) is 0 Å². The van der Waals surface area contributed by atoms with Crippen LogP contribution in [0.25, 0.3) is 0 Å². The highest BCUT2D eigenvalue weighted by molar-refractivity contribution is 5.85. The summed E-state index contributed by atoms with van der Waals surface area (Å²) >= 11 is 0. The van der Waals surface area contributed by atoms with Gasteiger partial charge in [0.2, 0.25) is 0 Å². The van der Waals surface area contributed by atoms with Crippen molar-refractivity contribution in [3.63, 3.8) is 0 Å². The Morgan fingerprint density at radius 3 is 1.20 bits per heavy atom. The second-order valence-corrected chi connectivity index (χ2v) is 4.80. The molecule has 0 aliphatic rings. The molecule has 0 aliphatic carbocycles. The third kappa shape index (κ3) is 44.9. The number of hydrogen-bond donors (Lipinski definition) is 5. The van der Waals surface area contributed by atoms with Gasteiger partial charge in [0.1, 0.15) is 6.10 Å². The molecule has 0 fully saturated rings. The summed E-state index contributed by atoms with van der Waals surface area (Å²) in [6.45, 7) is 14.6. The molecule has 5 N–H and O–H groups in total. The standard InChI is InChI=1S/C6H14O.2C4H6O2.C3H8O3/c1-3-5-7-6-4-2;2*1-3(2)4(5)6;4-1-3(6)2-5/h3-6H2,1-2H3;2*1H2,2H3,(H,5,6);3-6H,1-2H2. The lowest BCUT2D eigenvalue weighted by Crippen LogP contribution is -2.15. The van der Waals surface area contributed by atoms with Gasteiger partial charge in [0, 0.05) is 24.4 Å². The number of aliphatic carboxylic acids is 2. The summed E-state index contributed by atoms with van der Waals surface area (Å²) in [5.41, 5.74) is 0.352. The number of carboxylic acids is 2. The number of rotatable bonds is 8. The molecule has 0 aliphatic heterocycles. The maximum Gasteiger partial charge on any atom is 0.330 e. The zero-order valence-corrected chi connectivity index (χ0v) is 15.7. The average molecular weight is 366 g/mol. The van der Waals surface area contributed by atoms with Crippen molar-refractivity contribution >= 4 is 11.9 Å². The fourth-order valence-corrected chi connectivity index (χ4v) is 0.448. The minimum atomic E-state index is -0.954. The SMILES string of the molecule is C=C(C)C(=O)O.C=C(C)C(=O)O.CCCOCCC.OCC(O)CO. The molecule has 0 amide bonds. The molecule has 0 aromatic heterocycles. The van der Waals surface area contributed by atoms with Crippen LogP contribution in [0, 0.1) is 0 Å². The minimum Gasteiger partial charge on any atom is -0.478 e. The van der Waals surface area contributed by atoms with Crippen LogP contribution in [0.15, 0.2) is 24.3 Å². The van der Waals surface area contributed by atoms with Crippen molar-refractivity contribution < 1.29 is 39.9 Å². The molecule has 0 bridgehead atoms. The lowest BCUT2D eigenvalue weighted by atomic mass is 10.4. The lowest BCUT2D eigenvalue weighted by Gasteiger charge is -1.96. The fourth-order valence-electron chi connectivity index (χ4n) is 0.448. The van der Waals surface area contributed by atoms with Crippen LogP contribution in [0.5, 0.6) is 0 Å². The van der Waals surface area contributed by atoms with Gasteiger partial charge >= 0.3 is 11.9 Å². The van der Waals surface area contributed by atoms with Crippen molar-refractivity contribution in [3.05, 3.63) is 24.3 Å². The van der Waals surface area contributed by atoms with Gasteiger partial charge in [0.05, 0.1) is 13.2 Å². The van der Waals surface area contributed by atoms with Crippen molar-refractivity contribution in [3.8, 4) is 0 Å². The van der Waals surface area contributed by atoms with E-state index >= 15 is 0 Å². The minimum absolute atomic E-state index is 0.176. The van der Waals surface area contributed by atoms with Crippen molar-refractivity contribution in [2.45, 2.75) is 46.6 Å². The third-order valence-corrected chi connectivity index (χ3v) is 1.85. The molecule has 0 rings (SSSR count). The van der Waals surface area contributed by atoms with Crippen molar-refractivity contribution in [1.29, 1.82) is 0 Å². The van der Waals surface area contributed by atoms with Crippen LogP contribution in [0.2, 0.25) is 0 Å². The summed E-state index contributed by atoms with van der Waals surface area (Å²) in [6.07, 6.45) is 1.32. The van der Waals surface area contributed by atoms with E-state index in [0.717, 1.165) is 26.1 Å². The predicted octanol–water partition coefficient (Wildman–Crippen LogP) is 1.45. The normalized spacial score (nSPS) is 8.64. The van der Waals surface area contributed by atoms with E-state index < -0.39 is 18.0 Å². The zero-order valence-electron chi connectivity index (χ0n) is 15.7. The number of ether oxygens (including phenoxy) is 1. The Balaban J connectivity index is -0.000000118. The van der Waals surface area contributed by atoms with Gasteiger partial charge in [-0.25, -0.2) is 9.59 Å². The lowest BCUT2D eigenvalue weighted by molar-refractivity contribution is -0.133. The van der Waals surface area contributed by atoms with Gasteiger partial charge in [-0.2, -0.15) is 0 Å². The van der Waals surface area contributed by atoms with Gasteiger partial charge in [-0.05, 0) is 26.7 Å². The molecule has 0 aromatic rings. The number of carbonyl (C=O) groups is 2. The molecule has 0 heterocycles. The Kier molecular flexibility index (Phi) is 30.5. The summed E-state index contributed by atoms with van der Waals surface area (Å²) in [5, 5.41) is 39.8. The molecule has 0 saturated carbocycles. The number of aliphatic hydroxyl groups is 3. The van der Waals surface area contributed by atoms with Gasteiger partial charge < -0.3 is 30.3 Å². The first-order chi connectivity index (χ1) is 11.5. The molecule has 8 nitrogen and oxygen atoms in total. The topological polar surface area (TPSA) is 145 Å². The second-order valence-electron chi connectivity index (χ2n) is 4.80. The summed E-state index contributed by atoms with van der Waals surface area (Å²) < 4.78 is 5.13. The highest BCUT2D eigenvalue weighted by atomic mass is 16.5. The molecule has 8 heteroatoms. The Bertz CT molecular complexity index is 297. The quantitative estimate of drug-likeness (QED) is 0.321. The highest BCUT2D eigenvalue weighted by Gasteiger charge is 1.93. The van der Waals surface area contributed by atoms with Crippen LogP contribution in [-0.4, -0.2) is 70.0 Å². The van der Waals surface area contributed by atoms with Crippen LogP contribution in [0.4, 0.5) is 0 Å². The third-order valence-electron chi connectivity index (χ3n) is 1.85. The maximum absolute atomic E-state index is 9.60. The molecule has 0 radical (unpaired) electrons. The molecule has 0 atom stereocenters. The Hall–Kier alpha value is -1.74. The summed E-state index contributed by atoms with van der Waals surface area (Å²) in [5.74, 6) is -1.87. The van der Waals surface area contributed by atoms with Crippen LogP contribution in [0.1, 0.15) is 40.5 Å². The van der Waals surface area contributed by atoms with Gasteiger partial charge in [0.25, 0.3) is 0 Å². The van der Waals surface area contributed by atoms with E-state index in [0.29, 0.717) is 0 Å². The first kappa shape index (κ1) is 31.1.